The van der Waals surface area contributed by atoms with E-state index >= 15 is 0 Å². The lowest BCUT2D eigenvalue weighted by atomic mass is 10.1. The van der Waals surface area contributed by atoms with Gasteiger partial charge in [-0.15, -0.1) is 0 Å². The Hall–Kier alpha value is -2.98. The van der Waals surface area contributed by atoms with Crippen molar-refractivity contribution in [2.75, 3.05) is 18.6 Å². The largest absolute Gasteiger partial charge is 0.496 e. The summed E-state index contributed by atoms with van der Waals surface area (Å²) in [4.78, 5) is 14.0. The molecule has 30 heavy (non-hydrogen) atoms. The molecule has 0 atom stereocenters. The Bertz CT molecular complexity index is 991. The molecule has 0 aliphatic carbocycles. The summed E-state index contributed by atoms with van der Waals surface area (Å²) in [5, 5.41) is 2.92. The van der Waals surface area contributed by atoms with E-state index in [1.165, 1.54) is 42.4 Å². The van der Waals surface area contributed by atoms with Crippen molar-refractivity contribution in [2.24, 2.45) is 0 Å². The minimum atomic E-state index is -4.44. The fourth-order valence-electron chi connectivity index (χ4n) is 2.80. The van der Waals surface area contributed by atoms with Crippen molar-refractivity contribution in [1.82, 2.24) is 5.32 Å². The van der Waals surface area contributed by atoms with Gasteiger partial charge in [-0.3, -0.25) is 9.69 Å². The molecule has 1 N–H and O–H groups in total. The number of thiocarbonyl (C=S) groups is 1. The van der Waals surface area contributed by atoms with Crippen LogP contribution in [0.25, 0.3) is 6.08 Å². The van der Waals surface area contributed by atoms with Gasteiger partial charge in [-0.05, 0) is 60.3 Å². The summed E-state index contributed by atoms with van der Waals surface area (Å²) in [6, 6.07) is 10.0. The molecule has 0 radical (unpaired) electrons. The molecule has 0 unspecified atom stereocenters. The Kier molecular flexibility index (Phi) is 6.37. The van der Waals surface area contributed by atoms with Gasteiger partial charge < -0.3 is 14.8 Å². The molecule has 1 heterocycles. The predicted octanol–water partition coefficient (Wildman–Crippen LogP) is 4.18. The van der Waals surface area contributed by atoms with Crippen LogP contribution in [0.1, 0.15) is 11.1 Å². The van der Waals surface area contributed by atoms with Crippen molar-refractivity contribution in [3.8, 4) is 5.75 Å². The zero-order chi connectivity index (χ0) is 21.9. The van der Waals surface area contributed by atoms with Crippen LogP contribution in [0.3, 0.4) is 0 Å². The van der Waals surface area contributed by atoms with Gasteiger partial charge in [0.05, 0.1) is 19.4 Å². The molecule has 0 aromatic heterocycles. The molecule has 1 fully saturated rings. The van der Waals surface area contributed by atoms with Crippen LogP contribution in [-0.2, 0) is 16.1 Å². The van der Waals surface area contributed by atoms with Crippen molar-refractivity contribution in [3.05, 3.63) is 65.1 Å². The Labute approximate surface area is 174 Å². The number of amides is 1. The average molecular weight is 440 g/mol. The molecule has 1 aliphatic rings. The number of carbonyl (C=O) groups is 1. The summed E-state index contributed by atoms with van der Waals surface area (Å²) in [5.74, 6) is -0.538. The summed E-state index contributed by atoms with van der Waals surface area (Å²) in [6.07, 6.45) is -2.93. The third-order valence-corrected chi connectivity index (χ3v) is 4.39. The van der Waals surface area contributed by atoms with Gasteiger partial charge in [0, 0.05) is 5.56 Å². The molecule has 0 spiro atoms. The second-order valence-electron chi connectivity index (χ2n) is 6.28. The van der Waals surface area contributed by atoms with Crippen LogP contribution in [0.4, 0.5) is 23.2 Å². The Balaban J connectivity index is 1.82. The molecule has 0 saturated carbocycles. The quantitative estimate of drug-likeness (QED) is 0.415. The van der Waals surface area contributed by atoms with Crippen molar-refractivity contribution < 1.29 is 31.8 Å². The monoisotopic (exact) mass is 440 g/mol. The summed E-state index contributed by atoms with van der Waals surface area (Å²) in [6.45, 7) is -1.70. The van der Waals surface area contributed by atoms with Crippen molar-refractivity contribution in [2.45, 2.75) is 12.8 Å². The van der Waals surface area contributed by atoms with E-state index in [-0.39, 0.29) is 17.4 Å². The molecule has 5 nitrogen and oxygen atoms in total. The Morgan fingerprint density at radius 3 is 2.50 bits per heavy atom. The minimum Gasteiger partial charge on any atom is -0.496 e. The number of ether oxygens (including phenoxy) is 2. The first kappa shape index (κ1) is 21.7. The summed E-state index contributed by atoms with van der Waals surface area (Å²) < 4.78 is 60.0. The van der Waals surface area contributed by atoms with E-state index in [1.807, 2.05) is 0 Å². The Morgan fingerprint density at radius 2 is 1.87 bits per heavy atom. The summed E-state index contributed by atoms with van der Waals surface area (Å²) in [7, 11) is 1.39. The fraction of sp³-hybridized carbons (Fsp3) is 0.200. The minimum absolute atomic E-state index is 0.125. The highest BCUT2D eigenvalue weighted by Crippen LogP contribution is 2.26. The average Bonchev–Trinajstić information content (AvgIpc) is 2.95. The van der Waals surface area contributed by atoms with Crippen LogP contribution in [0.2, 0.25) is 0 Å². The van der Waals surface area contributed by atoms with Crippen LogP contribution in [0.15, 0.2) is 48.2 Å². The van der Waals surface area contributed by atoms with E-state index in [1.54, 1.807) is 18.2 Å². The molecule has 2 aromatic carbocycles. The standard InChI is InChI=1S/C20H16F4N2O3S/c1-28-17-7-2-12(8-13(17)10-29-11-20(22,23)24)9-16-18(27)26(19(30)25-16)15-5-3-14(21)4-6-15/h2-9H,10-11H2,1H3,(H,25,30)/b16-9-. The third kappa shape index (κ3) is 5.14. The lowest BCUT2D eigenvalue weighted by Gasteiger charge is -2.13. The van der Waals surface area contributed by atoms with Gasteiger partial charge in [0.1, 0.15) is 23.9 Å². The zero-order valence-corrected chi connectivity index (χ0v) is 16.4. The van der Waals surface area contributed by atoms with Crippen LogP contribution >= 0.6 is 12.2 Å². The zero-order valence-electron chi connectivity index (χ0n) is 15.6. The molecule has 10 heteroatoms. The van der Waals surface area contributed by atoms with E-state index in [2.05, 4.69) is 5.32 Å². The van der Waals surface area contributed by atoms with E-state index in [0.717, 1.165) is 0 Å². The topological polar surface area (TPSA) is 50.8 Å². The molecule has 0 bridgehead atoms. The van der Waals surface area contributed by atoms with E-state index in [9.17, 15) is 22.4 Å². The molecule has 1 aliphatic heterocycles. The Morgan fingerprint density at radius 1 is 1.17 bits per heavy atom. The maximum Gasteiger partial charge on any atom is 0.411 e. The van der Waals surface area contributed by atoms with Gasteiger partial charge in [0.15, 0.2) is 5.11 Å². The van der Waals surface area contributed by atoms with Crippen LogP contribution in [0, 0.1) is 5.82 Å². The summed E-state index contributed by atoms with van der Waals surface area (Å²) in [5.41, 5.74) is 1.48. The normalized spacial score (nSPS) is 15.6. The molecular formula is C20H16F4N2O3S. The SMILES string of the molecule is COc1ccc(/C=C2\NC(=S)N(c3ccc(F)cc3)C2=O)cc1COCC(F)(F)F. The van der Waals surface area contributed by atoms with E-state index in [4.69, 9.17) is 21.7 Å². The number of nitrogens with zero attached hydrogens (tertiary/aromatic N) is 1. The lowest BCUT2D eigenvalue weighted by Crippen LogP contribution is -2.30. The number of hydrogen-bond donors (Lipinski definition) is 1. The molecule has 2 aromatic rings. The number of hydrogen-bond acceptors (Lipinski definition) is 4. The van der Waals surface area contributed by atoms with E-state index < -0.39 is 24.5 Å². The van der Waals surface area contributed by atoms with Gasteiger partial charge in [-0.1, -0.05) is 6.07 Å². The van der Waals surface area contributed by atoms with Gasteiger partial charge in [-0.25, -0.2) is 4.39 Å². The van der Waals surface area contributed by atoms with E-state index in [0.29, 0.717) is 22.6 Å². The number of rotatable bonds is 6. The highest BCUT2D eigenvalue weighted by Gasteiger charge is 2.32. The lowest BCUT2D eigenvalue weighted by molar-refractivity contribution is -0.176. The molecule has 158 valence electrons. The fourth-order valence-corrected chi connectivity index (χ4v) is 3.10. The van der Waals surface area contributed by atoms with Gasteiger partial charge in [0.25, 0.3) is 5.91 Å². The highest BCUT2D eigenvalue weighted by molar-refractivity contribution is 7.80. The second-order valence-corrected chi connectivity index (χ2v) is 6.67. The molecule has 1 amide bonds. The van der Waals surface area contributed by atoms with Crippen molar-refractivity contribution in [1.29, 1.82) is 0 Å². The van der Waals surface area contributed by atoms with Gasteiger partial charge in [-0.2, -0.15) is 13.2 Å². The van der Waals surface area contributed by atoms with Gasteiger partial charge >= 0.3 is 6.18 Å². The second kappa shape index (κ2) is 8.80. The maximum atomic E-state index is 13.1. The number of methoxy groups -OCH3 is 1. The maximum absolute atomic E-state index is 13.1. The summed E-state index contributed by atoms with van der Waals surface area (Å²) >= 11 is 5.20. The number of anilines is 1. The number of benzene rings is 2. The first-order chi connectivity index (χ1) is 14.2. The smallest absolute Gasteiger partial charge is 0.411 e. The van der Waals surface area contributed by atoms with Crippen molar-refractivity contribution >= 4 is 35.0 Å². The van der Waals surface area contributed by atoms with Crippen LogP contribution < -0.4 is 15.0 Å². The highest BCUT2D eigenvalue weighted by atomic mass is 32.1. The number of halogens is 4. The number of alkyl halides is 3. The van der Waals surface area contributed by atoms with Crippen LogP contribution in [0.5, 0.6) is 5.75 Å². The number of carbonyl (C=O) groups excluding carboxylic acids is 1. The van der Waals surface area contributed by atoms with Crippen molar-refractivity contribution in [3.63, 3.8) is 0 Å². The first-order valence-electron chi connectivity index (χ1n) is 8.62. The number of nitrogens with one attached hydrogen (secondary N) is 1. The molecular weight excluding hydrogens is 424 g/mol. The van der Waals surface area contributed by atoms with Gasteiger partial charge in [0.2, 0.25) is 0 Å². The predicted molar refractivity (Wildman–Crippen MR) is 106 cm³/mol. The third-order valence-electron chi connectivity index (χ3n) is 4.10. The first-order valence-corrected chi connectivity index (χ1v) is 9.03. The van der Waals surface area contributed by atoms with Crippen LogP contribution in [-0.4, -0.2) is 30.9 Å². The molecule has 3 rings (SSSR count). The molecule has 1 saturated heterocycles.